The van der Waals surface area contributed by atoms with Gasteiger partial charge in [0.15, 0.2) is 0 Å². The van der Waals surface area contributed by atoms with Gasteiger partial charge in [-0.1, -0.05) is 33.6 Å². The van der Waals surface area contributed by atoms with E-state index < -0.39 is 0 Å². The molecule has 3 atom stereocenters. The standard InChI is InChI=1S/C16H34N2/c1-6-15(4)18(5)13-16(12-17-7-2)10-8-9-14(3)11-16/h14-15,17H,6-13H2,1-5H3. The molecule has 1 aliphatic rings. The summed E-state index contributed by atoms with van der Waals surface area (Å²) in [5, 5.41) is 3.61. The lowest BCUT2D eigenvalue weighted by Gasteiger charge is -2.44. The summed E-state index contributed by atoms with van der Waals surface area (Å²) in [5.74, 6) is 0.905. The first-order valence-corrected chi connectivity index (χ1v) is 7.94. The minimum atomic E-state index is 0.520. The summed E-state index contributed by atoms with van der Waals surface area (Å²) in [7, 11) is 2.31. The van der Waals surface area contributed by atoms with Crippen LogP contribution < -0.4 is 5.32 Å². The highest BCUT2D eigenvalue weighted by Crippen LogP contribution is 2.39. The van der Waals surface area contributed by atoms with Gasteiger partial charge in [-0.15, -0.1) is 0 Å². The summed E-state index contributed by atoms with van der Waals surface area (Å²) in [6.07, 6.45) is 6.91. The predicted molar refractivity (Wildman–Crippen MR) is 81.0 cm³/mol. The molecular formula is C16H34N2. The largest absolute Gasteiger partial charge is 0.316 e. The van der Waals surface area contributed by atoms with E-state index in [1.807, 2.05) is 0 Å². The SMILES string of the molecule is CCNCC1(CN(C)C(C)CC)CCCC(C)C1. The van der Waals surface area contributed by atoms with Crippen molar-refractivity contribution in [3.05, 3.63) is 0 Å². The molecule has 0 aliphatic heterocycles. The fraction of sp³-hybridized carbons (Fsp3) is 1.00. The second kappa shape index (κ2) is 7.49. The zero-order valence-corrected chi connectivity index (χ0v) is 13.3. The summed E-state index contributed by atoms with van der Waals surface area (Å²) >= 11 is 0. The van der Waals surface area contributed by atoms with Crippen LogP contribution in [0.15, 0.2) is 0 Å². The molecule has 1 aliphatic carbocycles. The van der Waals surface area contributed by atoms with Gasteiger partial charge in [-0.3, -0.25) is 0 Å². The second-order valence-electron chi connectivity index (χ2n) is 6.65. The first kappa shape index (κ1) is 16.0. The molecule has 0 heterocycles. The summed E-state index contributed by atoms with van der Waals surface area (Å²) < 4.78 is 0. The molecule has 0 spiro atoms. The van der Waals surface area contributed by atoms with E-state index in [0.29, 0.717) is 11.5 Å². The summed E-state index contributed by atoms with van der Waals surface area (Å²) in [6.45, 7) is 12.9. The van der Waals surface area contributed by atoms with Crippen molar-refractivity contribution < 1.29 is 0 Å². The van der Waals surface area contributed by atoms with Crippen LogP contribution in [-0.2, 0) is 0 Å². The van der Waals surface area contributed by atoms with Crippen LogP contribution in [-0.4, -0.2) is 37.6 Å². The first-order valence-electron chi connectivity index (χ1n) is 7.94. The Morgan fingerprint density at radius 2 is 2.11 bits per heavy atom. The highest BCUT2D eigenvalue weighted by atomic mass is 15.1. The first-order chi connectivity index (χ1) is 8.53. The Hall–Kier alpha value is -0.0800. The molecule has 18 heavy (non-hydrogen) atoms. The van der Waals surface area contributed by atoms with E-state index in [4.69, 9.17) is 0 Å². The van der Waals surface area contributed by atoms with Crippen molar-refractivity contribution in [2.24, 2.45) is 11.3 Å². The lowest BCUT2D eigenvalue weighted by Crippen LogP contribution is -2.47. The highest BCUT2D eigenvalue weighted by Gasteiger charge is 2.35. The molecule has 1 N–H and O–H groups in total. The third-order valence-electron chi connectivity index (χ3n) is 4.86. The van der Waals surface area contributed by atoms with E-state index in [-0.39, 0.29) is 0 Å². The fourth-order valence-corrected chi connectivity index (χ4v) is 3.52. The molecule has 2 nitrogen and oxygen atoms in total. The highest BCUT2D eigenvalue weighted by molar-refractivity contribution is 4.90. The second-order valence-corrected chi connectivity index (χ2v) is 6.65. The van der Waals surface area contributed by atoms with Crippen molar-refractivity contribution in [3.8, 4) is 0 Å². The Bertz CT molecular complexity index is 229. The van der Waals surface area contributed by atoms with Crippen LogP contribution in [0, 0.1) is 11.3 Å². The normalized spacial score (nSPS) is 30.7. The van der Waals surface area contributed by atoms with Gasteiger partial charge in [0.2, 0.25) is 0 Å². The van der Waals surface area contributed by atoms with E-state index >= 15 is 0 Å². The van der Waals surface area contributed by atoms with Gasteiger partial charge in [-0.05, 0) is 51.1 Å². The van der Waals surface area contributed by atoms with E-state index in [0.717, 1.165) is 12.5 Å². The van der Waals surface area contributed by atoms with Crippen LogP contribution in [0.4, 0.5) is 0 Å². The smallest absolute Gasteiger partial charge is 0.00614 e. The Labute approximate surface area is 115 Å². The minimum Gasteiger partial charge on any atom is -0.316 e. The van der Waals surface area contributed by atoms with Gasteiger partial charge in [-0.25, -0.2) is 0 Å². The average molecular weight is 254 g/mol. The Balaban J connectivity index is 2.64. The van der Waals surface area contributed by atoms with Crippen molar-refractivity contribution in [1.29, 1.82) is 0 Å². The average Bonchev–Trinajstić information content (AvgIpc) is 2.35. The maximum absolute atomic E-state index is 3.61. The third kappa shape index (κ3) is 4.55. The maximum atomic E-state index is 3.61. The molecule has 2 heteroatoms. The van der Waals surface area contributed by atoms with Crippen LogP contribution in [0.25, 0.3) is 0 Å². The molecule has 1 fully saturated rings. The molecule has 0 saturated heterocycles. The van der Waals surface area contributed by atoms with Gasteiger partial charge in [-0.2, -0.15) is 0 Å². The number of rotatable bonds is 7. The van der Waals surface area contributed by atoms with Gasteiger partial charge in [0, 0.05) is 19.1 Å². The maximum Gasteiger partial charge on any atom is 0.00614 e. The summed E-state index contributed by atoms with van der Waals surface area (Å²) in [6, 6.07) is 0.709. The molecule has 0 aromatic rings. The van der Waals surface area contributed by atoms with Crippen LogP contribution in [0.5, 0.6) is 0 Å². The molecule has 0 amide bonds. The molecule has 0 aromatic carbocycles. The number of nitrogens with one attached hydrogen (secondary N) is 1. The van der Waals surface area contributed by atoms with E-state index in [1.54, 1.807) is 0 Å². The predicted octanol–water partition coefficient (Wildman–Crippen LogP) is 3.52. The topological polar surface area (TPSA) is 15.3 Å². The molecular weight excluding hydrogens is 220 g/mol. The van der Waals surface area contributed by atoms with Crippen molar-refractivity contribution in [3.63, 3.8) is 0 Å². The van der Waals surface area contributed by atoms with E-state index in [2.05, 4.69) is 45.0 Å². The van der Waals surface area contributed by atoms with Crippen molar-refractivity contribution >= 4 is 0 Å². The molecule has 0 aromatic heterocycles. The van der Waals surface area contributed by atoms with Gasteiger partial charge < -0.3 is 10.2 Å². The van der Waals surface area contributed by atoms with Gasteiger partial charge in [0.25, 0.3) is 0 Å². The molecule has 108 valence electrons. The fourth-order valence-electron chi connectivity index (χ4n) is 3.52. The van der Waals surface area contributed by atoms with Crippen LogP contribution in [0.1, 0.15) is 59.8 Å². The Kier molecular flexibility index (Phi) is 6.65. The van der Waals surface area contributed by atoms with E-state index in [1.165, 1.54) is 45.2 Å². The number of hydrogen-bond acceptors (Lipinski definition) is 2. The van der Waals surface area contributed by atoms with Crippen LogP contribution in [0.3, 0.4) is 0 Å². The minimum absolute atomic E-state index is 0.520. The van der Waals surface area contributed by atoms with Gasteiger partial charge in [0.05, 0.1) is 0 Å². The summed E-state index contributed by atoms with van der Waals surface area (Å²) in [4.78, 5) is 2.58. The lowest BCUT2D eigenvalue weighted by atomic mass is 9.69. The number of hydrogen-bond donors (Lipinski definition) is 1. The zero-order chi connectivity index (χ0) is 13.6. The van der Waals surface area contributed by atoms with Crippen molar-refractivity contribution in [1.82, 2.24) is 10.2 Å². The molecule has 3 unspecified atom stereocenters. The lowest BCUT2D eigenvalue weighted by molar-refractivity contribution is 0.0755. The van der Waals surface area contributed by atoms with Crippen LogP contribution in [0.2, 0.25) is 0 Å². The van der Waals surface area contributed by atoms with Crippen LogP contribution >= 0.6 is 0 Å². The number of nitrogens with zero attached hydrogens (tertiary/aromatic N) is 1. The van der Waals surface area contributed by atoms with E-state index in [9.17, 15) is 0 Å². The molecule has 0 radical (unpaired) electrons. The molecule has 0 bridgehead atoms. The van der Waals surface area contributed by atoms with Gasteiger partial charge >= 0.3 is 0 Å². The third-order valence-corrected chi connectivity index (χ3v) is 4.86. The Morgan fingerprint density at radius 3 is 2.67 bits per heavy atom. The molecule has 1 saturated carbocycles. The monoisotopic (exact) mass is 254 g/mol. The van der Waals surface area contributed by atoms with Crippen molar-refractivity contribution in [2.45, 2.75) is 65.8 Å². The molecule has 1 rings (SSSR count). The van der Waals surface area contributed by atoms with Gasteiger partial charge in [0.1, 0.15) is 0 Å². The van der Waals surface area contributed by atoms with Crippen molar-refractivity contribution in [2.75, 3.05) is 26.7 Å². The zero-order valence-electron chi connectivity index (χ0n) is 13.3. The quantitative estimate of drug-likeness (QED) is 0.748. The summed E-state index contributed by atoms with van der Waals surface area (Å²) in [5.41, 5.74) is 0.520. The Morgan fingerprint density at radius 1 is 1.39 bits per heavy atom.